The third-order valence-electron chi connectivity index (χ3n) is 3.36. The number of carbonyl (C=O) groups excluding carboxylic acids is 1. The van der Waals surface area contributed by atoms with Gasteiger partial charge >= 0.3 is 0 Å². The molecule has 98 valence electrons. The second kappa shape index (κ2) is 4.19. The van der Waals surface area contributed by atoms with E-state index in [1.807, 2.05) is 17.5 Å². The molecule has 2 saturated heterocycles. The molecule has 2 aliphatic rings. The number of fused-ring (bicyclic) bond motifs is 2. The number of ether oxygens (including phenoxy) is 2. The van der Waals surface area contributed by atoms with Gasteiger partial charge in [0.25, 0.3) is 0 Å². The molecule has 0 N–H and O–H groups in total. The lowest BCUT2D eigenvalue weighted by Gasteiger charge is -2.26. The number of Topliss-reactive ketones (excluding diaryl/α,β-unsaturated/α-hetero) is 1. The van der Waals surface area contributed by atoms with Crippen LogP contribution < -0.4 is 0 Å². The molecule has 2 bridgehead atoms. The quantitative estimate of drug-likeness (QED) is 0.802. The maximum Gasteiger partial charge on any atom is 0.218 e. The Labute approximate surface area is 112 Å². The average molecular weight is 278 g/mol. The van der Waals surface area contributed by atoms with Crippen molar-refractivity contribution < 1.29 is 14.3 Å². The van der Waals surface area contributed by atoms with Gasteiger partial charge in [0.2, 0.25) is 6.29 Å². The first kappa shape index (κ1) is 11.2. The zero-order valence-corrected chi connectivity index (χ0v) is 10.6. The van der Waals surface area contributed by atoms with Crippen molar-refractivity contribution in [2.24, 2.45) is 0 Å². The van der Waals surface area contributed by atoms with E-state index in [0.717, 1.165) is 4.88 Å². The zero-order valence-electron chi connectivity index (χ0n) is 9.80. The molecule has 0 amide bonds. The maximum absolute atomic E-state index is 11.8. The van der Waals surface area contributed by atoms with Crippen molar-refractivity contribution in [3.05, 3.63) is 17.5 Å². The largest absolute Gasteiger partial charge is 0.343 e. The topological polar surface area (TPSA) is 79.1 Å². The number of thiophene rings is 1. The Kier molecular flexibility index (Phi) is 2.47. The molecule has 0 aliphatic carbocycles. The highest BCUT2D eigenvalue weighted by Gasteiger charge is 2.45. The summed E-state index contributed by atoms with van der Waals surface area (Å²) in [5.41, 5.74) is 0. The molecular formula is C11H10N4O3S. The molecule has 4 rings (SSSR count). The second-order valence-corrected chi connectivity index (χ2v) is 5.45. The standard InChI is InChI=1S/C11H10N4O3S/c16-7-4-6(8-5-17-11(7)18-8)15-10(12-13-14-15)9-2-1-3-19-9/h1-3,6,8,11H,4-5H2/t6-,8+,11+/m1/s1. The molecule has 8 heteroatoms. The van der Waals surface area contributed by atoms with Crippen LogP contribution in [0.15, 0.2) is 17.5 Å². The van der Waals surface area contributed by atoms with E-state index >= 15 is 0 Å². The first-order valence-corrected chi connectivity index (χ1v) is 6.82. The van der Waals surface area contributed by atoms with Crippen LogP contribution in [0.2, 0.25) is 0 Å². The van der Waals surface area contributed by atoms with Crippen molar-refractivity contribution in [3.8, 4) is 10.7 Å². The molecule has 2 aromatic heterocycles. The fourth-order valence-corrected chi connectivity index (χ4v) is 3.15. The summed E-state index contributed by atoms with van der Waals surface area (Å²) in [6.07, 6.45) is -0.508. The van der Waals surface area contributed by atoms with Crippen molar-refractivity contribution in [2.75, 3.05) is 6.61 Å². The molecule has 0 unspecified atom stereocenters. The van der Waals surface area contributed by atoms with Gasteiger partial charge in [0.1, 0.15) is 6.10 Å². The van der Waals surface area contributed by atoms with Gasteiger partial charge in [-0.3, -0.25) is 4.79 Å². The lowest BCUT2D eigenvalue weighted by atomic mass is 10.0. The minimum atomic E-state index is -0.692. The van der Waals surface area contributed by atoms with Gasteiger partial charge in [-0.25, -0.2) is 4.68 Å². The Balaban J connectivity index is 1.73. The number of rotatable bonds is 2. The van der Waals surface area contributed by atoms with E-state index in [1.54, 1.807) is 16.0 Å². The number of aromatic nitrogens is 4. The Hall–Kier alpha value is -1.64. The molecule has 2 fully saturated rings. The molecule has 2 aromatic rings. The van der Waals surface area contributed by atoms with Crippen LogP contribution in [0.25, 0.3) is 10.7 Å². The van der Waals surface area contributed by atoms with E-state index in [0.29, 0.717) is 18.9 Å². The summed E-state index contributed by atoms with van der Waals surface area (Å²) in [5.74, 6) is 0.619. The lowest BCUT2D eigenvalue weighted by Crippen LogP contribution is -2.37. The van der Waals surface area contributed by atoms with E-state index in [2.05, 4.69) is 15.5 Å². The van der Waals surface area contributed by atoms with Crippen LogP contribution in [0.4, 0.5) is 0 Å². The maximum atomic E-state index is 11.8. The summed E-state index contributed by atoms with van der Waals surface area (Å²) in [5, 5.41) is 13.8. The van der Waals surface area contributed by atoms with Gasteiger partial charge < -0.3 is 9.47 Å². The molecule has 3 atom stereocenters. The van der Waals surface area contributed by atoms with Gasteiger partial charge in [-0.05, 0) is 21.9 Å². The van der Waals surface area contributed by atoms with Gasteiger partial charge in [-0.2, -0.15) is 0 Å². The first-order chi connectivity index (χ1) is 9.33. The normalized spacial score (nSPS) is 29.9. The van der Waals surface area contributed by atoms with Crippen molar-refractivity contribution in [1.29, 1.82) is 0 Å². The Morgan fingerprint density at radius 2 is 2.42 bits per heavy atom. The molecule has 0 aromatic carbocycles. The third kappa shape index (κ3) is 1.71. The molecular weight excluding hydrogens is 268 g/mol. The van der Waals surface area contributed by atoms with Crippen LogP contribution in [0.1, 0.15) is 12.5 Å². The summed E-state index contributed by atoms with van der Waals surface area (Å²) < 4.78 is 12.5. The highest BCUT2D eigenvalue weighted by molar-refractivity contribution is 7.13. The van der Waals surface area contributed by atoms with Crippen LogP contribution in [0.3, 0.4) is 0 Å². The zero-order chi connectivity index (χ0) is 12.8. The fraction of sp³-hybridized carbons (Fsp3) is 0.455. The lowest BCUT2D eigenvalue weighted by molar-refractivity contribution is -0.156. The summed E-state index contributed by atoms with van der Waals surface area (Å²) in [6, 6.07) is 3.70. The summed E-state index contributed by atoms with van der Waals surface area (Å²) in [6.45, 7) is 0.408. The van der Waals surface area contributed by atoms with Gasteiger partial charge in [-0.1, -0.05) is 6.07 Å². The highest BCUT2D eigenvalue weighted by atomic mass is 32.1. The smallest absolute Gasteiger partial charge is 0.218 e. The second-order valence-electron chi connectivity index (χ2n) is 4.50. The van der Waals surface area contributed by atoms with Gasteiger partial charge in [-0.15, -0.1) is 16.4 Å². The number of hydrogen-bond acceptors (Lipinski definition) is 7. The summed E-state index contributed by atoms with van der Waals surface area (Å²) >= 11 is 1.56. The monoisotopic (exact) mass is 278 g/mol. The Morgan fingerprint density at radius 3 is 3.26 bits per heavy atom. The van der Waals surface area contributed by atoms with E-state index < -0.39 is 6.29 Å². The summed E-state index contributed by atoms with van der Waals surface area (Å²) in [7, 11) is 0. The molecule has 4 heterocycles. The van der Waals surface area contributed by atoms with Crippen LogP contribution in [0, 0.1) is 0 Å². The minimum Gasteiger partial charge on any atom is -0.343 e. The predicted octanol–water partition coefficient (Wildman–Crippen LogP) is 0.657. The molecule has 0 radical (unpaired) electrons. The number of carbonyl (C=O) groups is 1. The van der Waals surface area contributed by atoms with Gasteiger partial charge in [0, 0.05) is 6.42 Å². The first-order valence-electron chi connectivity index (χ1n) is 5.94. The number of hydrogen-bond donors (Lipinski definition) is 0. The molecule has 7 nitrogen and oxygen atoms in total. The fourth-order valence-electron chi connectivity index (χ4n) is 2.45. The van der Waals surface area contributed by atoms with Gasteiger partial charge in [0.15, 0.2) is 11.6 Å². The SMILES string of the molecule is O=C1C[C@@H](n2nnnc2-c2cccs2)[C@@H]2CO[C@H]1O2. The van der Waals surface area contributed by atoms with E-state index in [4.69, 9.17) is 9.47 Å². The van der Waals surface area contributed by atoms with E-state index in [9.17, 15) is 4.79 Å². The van der Waals surface area contributed by atoms with Crippen LogP contribution in [-0.2, 0) is 14.3 Å². The van der Waals surface area contributed by atoms with E-state index in [1.165, 1.54) is 0 Å². The van der Waals surface area contributed by atoms with Crippen LogP contribution in [0.5, 0.6) is 0 Å². The van der Waals surface area contributed by atoms with Crippen LogP contribution >= 0.6 is 11.3 Å². The van der Waals surface area contributed by atoms with Crippen molar-refractivity contribution in [2.45, 2.75) is 24.9 Å². The average Bonchev–Trinajstić information content (AvgIpc) is 3.14. The molecule has 0 saturated carbocycles. The number of nitrogens with zero attached hydrogens (tertiary/aromatic N) is 4. The van der Waals surface area contributed by atoms with Crippen molar-refractivity contribution in [1.82, 2.24) is 20.2 Å². The predicted molar refractivity (Wildman–Crippen MR) is 64.4 cm³/mol. The number of tetrazole rings is 1. The van der Waals surface area contributed by atoms with Crippen molar-refractivity contribution in [3.63, 3.8) is 0 Å². The molecule has 19 heavy (non-hydrogen) atoms. The Bertz CT molecular complexity index is 611. The highest BCUT2D eigenvalue weighted by Crippen LogP contribution is 2.35. The number of ketones is 1. The van der Waals surface area contributed by atoms with Crippen LogP contribution in [-0.4, -0.2) is 45.0 Å². The summed E-state index contributed by atoms with van der Waals surface area (Å²) in [4.78, 5) is 12.8. The Morgan fingerprint density at radius 1 is 1.47 bits per heavy atom. The van der Waals surface area contributed by atoms with Gasteiger partial charge in [0.05, 0.1) is 17.5 Å². The van der Waals surface area contributed by atoms with E-state index in [-0.39, 0.29) is 17.9 Å². The molecule has 2 aliphatic heterocycles. The minimum absolute atomic E-state index is 0.0496. The third-order valence-corrected chi connectivity index (χ3v) is 4.23. The van der Waals surface area contributed by atoms with Crippen molar-refractivity contribution >= 4 is 17.1 Å². The molecule has 0 spiro atoms.